The minimum absolute atomic E-state index is 0.241. The van der Waals surface area contributed by atoms with E-state index in [9.17, 15) is 4.79 Å². The molecule has 0 N–H and O–H groups in total. The van der Waals surface area contributed by atoms with Crippen LogP contribution in [-0.2, 0) is 9.47 Å². The van der Waals surface area contributed by atoms with Crippen LogP contribution < -0.4 is 9.47 Å². The number of hydrogen-bond acceptors (Lipinski definition) is 6. The first kappa shape index (κ1) is 23.8. The maximum Gasteiger partial charge on any atom is 0.410 e. The van der Waals surface area contributed by atoms with Gasteiger partial charge in [0.15, 0.2) is 17.6 Å². The number of hydrogen-bond donors (Lipinski definition) is 0. The van der Waals surface area contributed by atoms with Crippen LogP contribution >= 0.6 is 11.6 Å². The molecule has 0 spiro atoms. The number of aromatic nitrogens is 1. The van der Waals surface area contributed by atoms with Gasteiger partial charge < -0.3 is 23.8 Å². The van der Waals surface area contributed by atoms with Crippen LogP contribution in [0.5, 0.6) is 11.5 Å². The maximum atomic E-state index is 12.0. The number of methoxy groups -OCH3 is 1. The number of pyridine rings is 1. The van der Waals surface area contributed by atoms with Crippen LogP contribution in [-0.4, -0.2) is 55.5 Å². The molecular weight excluding hydrogens is 408 g/mol. The Kier molecular flexibility index (Phi) is 8.74. The van der Waals surface area contributed by atoms with Gasteiger partial charge >= 0.3 is 6.09 Å². The standard InChI is InChI=1S/C22H29ClN2O5/c1-22(2,3)30-21(26)25(4)12-13-28-15-20(17-8-6-7-11-24-17)29-18-10-9-16(23)14-19(18)27-5/h6-11,14,20H,12-13,15H2,1-5H3. The molecule has 0 aliphatic carbocycles. The molecule has 0 aliphatic rings. The van der Waals surface area contributed by atoms with Crippen LogP contribution in [0.15, 0.2) is 42.6 Å². The molecule has 0 bridgehead atoms. The van der Waals surface area contributed by atoms with Crippen LogP contribution in [0.2, 0.25) is 5.02 Å². The Bertz CT molecular complexity index is 811. The third-order valence-electron chi connectivity index (χ3n) is 3.96. The van der Waals surface area contributed by atoms with Crippen LogP contribution in [0.1, 0.15) is 32.6 Å². The summed E-state index contributed by atoms with van der Waals surface area (Å²) in [6.07, 6.45) is 0.837. The van der Waals surface area contributed by atoms with Crippen molar-refractivity contribution in [2.45, 2.75) is 32.5 Å². The van der Waals surface area contributed by atoms with E-state index in [0.29, 0.717) is 29.7 Å². The molecule has 2 rings (SSSR count). The average molecular weight is 437 g/mol. The van der Waals surface area contributed by atoms with Gasteiger partial charge in [0, 0.05) is 30.9 Å². The first-order valence-corrected chi connectivity index (χ1v) is 10.0. The molecule has 164 valence electrons. The number of amides is 1. The highest BCUT2D eigenvalue weighted by Crippen LogP contribution is 2.33. The first-order chi connectivity index (χ1) is 14.2. The van der Waals surface area contributed by atoms with Crippen molar-refractivity contribution in [1.82, 2.24) is 9.88 Å². The number of nitrogens with zero attached hydrogens (tertiary/aromatic N) is 2. The van der Waals surface area contributed by atoms with E-state index in [1.807, 2.05) is 39.0 Å². The molecule has 1 unspecified atom stereocenters. The third-order valence-corrected chi connectivity index (χ3v) is 4.19. The number of carbonyl (C=O) groups excluding carboxylic acids is 1. The van der Waals surface area contributed by atoms with Gasteiger partial charge in [0.1, 0.15) is 5.60 Å². The Balaban J connectivity index is 1.98. The number of ether oxygens (including phenoxy) is 4. The van der Waals surface area contributed by atoms with Crippen LogP contribution in [0, 0.1) is 0 Å². The van der Waals surface area contributed by atoms with Gasteiger partial charge in [-0.15, -0.1) is 0 Å². The van der Waals surface area contributed by atoms with Gasteiger partial charge in [-0.3, -0.25) is 4.98 Å². The minimum atomic E-state index is -0.540. The second-order valence-electron chi connectivity index (χ2n) is 7.63. The summed E-state index contributed by atoms with van der Waals surface area (Å²) in [5.74, 6) is 1.06. The predicted octanol–water partition coefficient (Wildman–Crippen LogP) is 4.75. The number of carbonyl (C=O) groups is 1. The normalized spacial score (nSPS) is 12.2. The lowest BCUT2D eigenvalue weighted by molar-refractivity contribution is 0.0138. The van der Waals surface area contributed by atoms with Gasteiger partial charge in [0.25, 0.3) is 0 Å². The maximum absolute atomic E-state index is 12.0. The monoisotopic (exact) mass is 436 g/mol. The quantitative estimate of drug-likeness (QED) is 0.528. The summed E-state index contributed by atoms with van der Waals surface area (Å²) < 4.78 is 22.6. The number of likely N-dealkylation sites (N-methyl/N-ethyl adjacent to an activating group) is 1. The lowest BCUT2D eigenvalue weighted by Gasteiger charge is -2.25. The molecule has 1 atom stereocenters. The van der Waals surface area contributed by atoms with Crippen LogP contribution in [0.4, 0.5) is 4.79 Å². The molecule has 7 nitrogen and oxygen atoms in total. The Morgan fingerprint density at radius 3 is 2.60 bits per heavy atom. The molecule has 1 heterocycles. The van der Waals surface area contributed by atoms with Gasteiger partial charge in [-0.2, -0.15) is 0 Å². The first-order valence-electron chi connectivity index (χ1n) is 9.62. The highest BCUT2D eigenvalue weighted by Gasteiger charge is 2.21. The fraction of sp³-hybridized carbons (Fsp3) is 0.455. The topological polar surface area (TPSA) is 70.1 Å². The van der Waals surface area contributed by atoms with Gasteiger partial charge in [-0.1, -0.05) is 17.7 Å². The van der Waals surface area contributed by atoms with Crippen LogP contribution in [0.3, 0.4) is 0 Å². The molecule has 0 aliphatic heterocycles. The Labute approximate surface area is 182 Å². The lowest BCUT2D eigenvalue weighted by atomic mass is 10.2. The zero-order chi connectivity index (χ0) is 22.1. The molecule has 1 aromatic heterocycles. The Morgan fingerprint density at radius 1 is 1.20 bits per heavy atom. The Morgan fingerprint density at radius 2 is 1.97 bits per heavy atom. The van der Waals surface area contributed by atoms with Crippen molar-refractivity contribution in [2.75, 3.05) is 33.9 Å². The van der Waals surface area contributed by atoms with Gasteiger partial charge in [-0.25, -0.2) is 4.79 Å². The van der Waals surface area contributed by atoms with Gasteiger partial charge in [-0.05, 0) is 45.0 Å². The summed E-state index contributed by atoms with van der Waals surface area (Å²) in [5.41, 5.74) is 0.178. The second-order valence-corrected chi connectivity index (χ2v) is 8.07. The summed E-state index contributed by atoms with van der Waals surface area (Å²) >= 11 is 6.03. The highest BCUT2D eigenvalue weighted by molar-refractivity contribution is 6.30. The van der Waals surface area contributed by atoms with E-state index in [1.165, 1.54) is 4.90 Å². The molecule has 0 radical (unpaired) electrons. The molecule has 8 heteroatoms. The summed E-state index contributed by atoms with van der Waals surface area (Å²) in [6.45, 7) is 6.43. The highest BCUT2D eigenvalue weighted by atomic mass is 35.5. The van der Waals surface area contributed by atoms with E-state index >= 15 is 0 Å². The SMILES string of the molecule is COc1cc(Cl)ccc1OC(COCCN(C)C(=O)OC(C)(C)C)c1ccccn1. The lowest BCUT2D eigenvalue weighted by Crippen LogP contribution is -2.36. The molecule has 2 aromatic rings. The fourth-order valence-corrected chi connectivity index (χ4v) is 2.62. The van der Waals surface area contributed by atoms with Crippen molar-refractivity contribution in [3.05, 3.63) is 53.3 Å². The molecule has 0 saturated carbocycles. The van der Waals surface area contributed by atoms with Crippen LogP contribution in [0.25, 0.3) is 0 Å². The molecule has 1 amide bonds. The van der Waals surface area contributed by atoms with Crippen molar-refractivity contribution in [3.63, 3.8) is 0 Å². The Hall–Kier alpha value is -2.51. The number of rotatable bonds is 9. The summed E-state index contributed by atoms with van der Waals surface area (Å²) in [7, 11) is 3.22. The fourth-order valence-electron chi connectivity index (χ4n) is 2.46. The van der Waals surface area contributed by atoms with Crippen molar-refractivity contribution in [1.29, 1.82) is 0 Å². The summed E-state index contributed by atoms with van der Waals surface area (Å²) in [4.78, 5) is 17.9. The van der Waals surface area contributed by atoms with E-state index in [0.717, 1.165) is 5.69 Å². The largest absolute Gasteiger partial charge is 0.493 e. The van der Waals surface area contributed by atoms with Crippen molar-refractivity contribution < 1.29 is 23.7 Å². The zero-order valence-electron chi connectivity index (χ0n) is 18.1. The molecule has 0 fully saturated rings. The van der Waals surface area contributed by atoms with E-state index in [1.54, 1.807) is 38.6 Å². The van der Waals surface area contributed by atoms with E-state index in [4.69, 9.17) is 30.5 Å². The van der Waals surface area contributed by atoms with Gasteiger partial charge in [0.05, 0.1) is 26.0 Å². The smallest absolute Gasteiger partial charge is 0.410 e. The van der Waals surface area contributed by atoms with Gasteiger partial charge in [0.2, 0.25) is 0 Å². The van der Waals surface area contributed by atoms with Crippen molar-refractivity contribution in [2.24, 2.45) is 0 Å². The molecule has 30 heavy (non-hydrogen) atoms. The molecular formula is C22H29ClN2O5. The molecule has 0 saturated heterocycles. The number of benzene rings is 1. The van der Waals surface area contributed by atoms with E-state index in [2.05, 4.69) is 4.98 Å². The summed E-state index contributed by atoms with van der Waals surface area (Å²) in [6, 6.07) is 10.7. The summed E-state index contributed by atoms with van der Waals surface area (Å²) in [5, 5.41) is 0.551. The average Bonchev–Trinajstić information content (AvgIpc) is 2.70. The molecule has 1 aromatic carbocycles. The second kappa shape index (κ2) is 11.0. The zero-order valence-corrected chi connectivity index (χ0v) is 18.8. The van der Waals surface area contributed by atoms with Crippen molar-refractivity contribution >= 4 is 17.7 Å². The van der Waals surface area contributed by atoms with E-state index < -0.39 is 17.8 Å². The van der Waals surface area contributed by atoms with Crippen molar-refractivity contribution in [3.8, 4) is 11.5 Å². The number of halogens is 1. The predicted molar refractivity (Wildman–Crippen MR) is 115 cm³/mol. The van der Waals surface area contributed by atoms with E-state index in [-0.39, 0.29) is 6.61 Å². The third kappa shape index (κ3) is 7.72. The minimum Gasteiger partial charge on any atom is -0.493 e.